The Morgan fingerprint density at radius 1 is 1.35 bits per heavy atom. The summed E-state index contributed by atoms with van der Waals surface area (Å²) in [6.45, 7) is 6.78. The monoisotopic (exact) mass is 273 g/mol. The number of anilines is 1. The number of hydrogen-bond acceptors (Lipinski definition) is 4. The van der Waals surface area contributed by atoms with Crippen LogP contribution in [-0.4, -0.2) is 25.9 Å². The Morgan fingerprint density at radius 3 is 2.95 bits per heavy atom. The molecule has 1 aliphatic rings. The third kappa shape index (κ3) is 2.62. The predicted octanol–water partition coefficient (Wildman–Crippen LogP) is 3.07. The molecular formula is C15H23N5. The number of nitrogens with zero attached hydrogens (tertiary/aromatic N) is 4. The molecule has 5 nitrogen and oxygen atoms in total. The lowest BCUT2D eigenvalue weighted by molar-refractivity contribution is 0.229. The Kier molecular flexibility index (Phi) is 3.36. The van der Waals surface area contributed by atoms with Gasteiger partial charge in [0.05, 0.1) is 0 Å². The van der Waals surface area contributed by atoms with Gasteiger partial charge in [-0.1, -0.05) is 27.2 Å². The standard InChI is InChI=1S/C15H23N5/c1-4-13-17-18-14-8-7-12(19-20(13)14)16-11-6-5-9-15(2,3)10-11/h7-8,11H,4-6,9-10H2,1-3H3,(H,16,19). The van der Waals surface area contributed by atoms with E-state index in [0.29, 0.717) is 11.5 Å². The molecule has 1 unspecified atom stereocenters. The minimum Gasteiger partial charge on any atom is -0.366 e. The molecule has 5 heteroatoms. The molecule has 1 N–H and O–H groups in total. The van der Waals surface area contributed by atoms with Gasteiger partial charge in [-0.15, -0.1) is 15.3 Å². The number of hydrogen-bond donors (Lipinski definition) is 1. The molecule has 108 valence electrons. The van der Waals surface area contributed by atoms with Gasteiger partial charge in [0.2, 0.25) is 0 Å². The lowest BCUT2D eigenvalue weighted by atomic mass is 9.75. The van der Waals surface area contributed by atoms with Crippen molar-refractivity contribution in [2.75, 3.05) is 5.32 Å². The van der Waals surface area contributed by atoms with Crippen LogP contribution in [0.2, 0.25) is 0 Å². The van der Waals surface area contributed by atoms with Gasteiger partial charge in [-0.25, -0.2) is 0 Å². The van der Waals surface area contributed by atoms with Crippen LogP contribution in [0.5, 0.6) is 0 Å². The first kappa shape index (κ1) is 13.3. The average molecular weight is 273 g/mol. The van der Waals surface area contributed by atoms with Crippen molar-refractivity contribution in [3.63, 3.8) is 0 Å². The summed E-state index contributed by atoms with van der Waals surface area (Å²) in [4.78, 5) is 0. The fraction of sp³-hybridized carbons (Fsp3) is 0.667. The van der Waals surface area contributed by atoms with E-state index in [9.17, 15) is 0 Å². The van der Waals surface area contributed by atoms with Crippen LogP contribution in [0.3, 0.4) is 0 Å². The van der Waals surface area contributed by atoms with E-state index in [1.165, 1.54) is 25.7 Å². The molecule has 2 aromatic heterocycles. The molecule has 20 heavy (non-hydrogen) atoms. The Bertz CT molecular complexity index is 601. The quantitative estimate of drug-likeness (QED) is 0.933. The van der Waals surface area contributed by atoms with E-state index in [1.54, 1.807) is 0 Å². The first-order valence-corrected chi connectivity index (χ1v) is 7.55. The minimum absolute atomic E-state index is 0.436. The van der Waals surface area contributed by atoms with Gasteiger partial charge in [-0.05, 0) is 36.8 Å². The van der Waals surface area contributed by atoms with Crippen molar-refractivity contribution in [1.29, 1.82) is 0 Å². The molecule has 1 atom stereocenters. The number of nitrogens with one attached hydrogen (secondary N) is 1. The maximum absolute atomic E-state index is 4.63. The number of fused-ring (bicyclic) bond motifs is 1. The zero-order valence-corrected chi connectivity index (χ0v) is 12.6. The second kappa shape index (κ2) is 5.04. The van der Waals surface area contributed by atoms with E-state index in [4.69, 9.17) is 0 Å². The molecule has 0 aromatic carbocycles. The molecule has 0 spiro atoms. The average Bonchev–Trinajstić information content (AvgIpc) is 2.80. The van der Waals surface area contributed by atoms with Gasteiger partial charge in [0.15, 0.2) is 11.5 Å². The highest BCUT2D eigenvalue weighted by atomic mass is 15.4. The van der Waals surface area contributed by atoms with Crippen molar-refractivity contribution in [1.82, 2.24) is 19.8 Å². The van der Waals surface area contributed by atoms with Crippen LogP contribution in [0.4, 0.5) is 5.82 Å². The lowest BCUT2D eigenvalue weighted by Crippen LogP contribution is -2.32. The van der Waals surface area contributed by atoms with Crippen LogP contribution in [0, 0.1) is 5.41 Å². The topological polar surface area (TPSA) is 55.1 Å². The van der Waals surface area contributed by atoms with E-state index in [-0.39, 0.29) is 0 Å². The maximum Gasteiger partial charge on any atom is 0.178 e. The van der Waals surface area contributed by atoms with Crippen molar-refractivity contribution in [2.24, 2.45) is 5.41 Å². The SMILES string of the molecule is CCc1nnc2ccc(NC3CCCC(C)(C)C3)nn12. The second-order valence-electron chi connectivity index (χ2n) is 6.56. The van der Waals surface area contributed by atoms with Crippen LogP contribution in [0.1, 0.15) is 52.3 Å². The van der Waals surface area contributed by atoms with Crippen molar-refractivity contribution < 1.29 is 0 Å². The van der Waals surface area contributed by atoms with Crippen LogP contribution >= 0.6 is 0 Å². The van der Waals surface area contributed by atoms with Crippen LogP contribution in [-0.2, 0) is 6.42 Å². The molecule has 1 saturated carbocycles. The van der Waals surface area contributed by atoms with Gasteiger partial charge in [0.25, 0.3) is 0 Å². The Balaban J connectivity index is 1.80. The summed E-state index contributed by atoms with van der Waals surface area (Å²) in [6, 6.07) is 4.51. The van der Waals surface area contributed by atoms with E-state index in [2.05, 4.69) is 41.4 Å². The molecule has 0 radical (unpaired) electrons. The zero-order chi connectivity index (χ0) is 14.2. The summed E-state index contributed by atoms with van der Waals surface area (Å²) < 4.78 is 1.84. The smallest absolute Gasteiger partial charge is 0.178 e. The van der Waals surface area contributed by atoms with Crippen LogP contribution in [0.15, 0.2) is 12.1 Å². The molecule has 2 aromatic rings. The Morgan fingerprint density at radius 2 is 2.20 bits per heavy atom. The summed E-state index contributed by atoms with van der Waals surface area (Å²) >= 11 is 0. The van der Waals surface area contributed by atoms with E-state index in [0.717, 1.165) is 23.7 Å². The van der Waals surface area contributed by atoms with Crippen molar-refractivity contribution in [3.05, 3.63) is 18.0 Å². The molecule has 0 bridgehead atoms. The number of aromatic nitrogens is 4. The van der Waals surface area contributed by atoms with E-state index >= 15 is 0 Å². The van der Waals surface area contributed by atoms with E-state index < -0.39 is 0 Å². The Hall–Kier alpha value is -1.65. The summed E-state index contributed by atoms with van der Waals surface area (Å²) in [7, 11) is 0. The van der Waals surface area contributed by atoms with Gasteiger partial charge < -0.3 is 5.32 Å². The van der Waals surface area contributed by atoms with Crippen molar-refractivity contribution in [2.45, 2.75) is 58.9 Å². The summed E-state index contributed by atoms with van der Waals surface area (Å²) in [5.41, 5.74) is 1.25. The first-order chi connectivity index (χ1) is 9.57. The third-order valence-electron chi connectivity index (χ3n) is 4.20. The number of rotatable bonds is 3. The molecular weight excluding hydrogens is 250 g/mol. The molecule has 1 aliphatic carbocycles. The predicted molar refractivity (Wildman–Crippen MR) is 79.8 cm³/mol. The van der Waals surface area contributed by atoms with Gasteiger partial charge >= 0.3 is 0 Å². The van der Waals surface area contributed by atoms with Gasteiger partial charge in [0, 0.05) is 12.5 Å². The first-order valence-electron chi connectivity index (χ1n) is 7.55. The van der Waals surface area contributed by atoms with Gasteiger partial charge in [-0.3, -0.25) is 0 Å². The molecule has 0 amide bonds. The van der Waals surface area contributed by atoms with Crippen LogP contribution in [0.25, 0.3) is 5.65 Å². The maximum atomic E-state index is 4.63. The highest BCUT2D eigenvalue weighted by Crippen LogP contribution is 2.36. The van der Waals surface area contributed by atoms with E-state index in [1.807, 2.05) is 16.6 Å². The lowest BCUT2D eigenvalue weighted by Gasteiger charge is -2.35. The van der Waals surface area contributed by atoms with Gasteiger partial charge in [-0.2, -0.15) is 4.52 Å². The number of aryl methyl sites for hydroxylation is 1. The largest absolute Gasteiger partial charge is 0.366 e. The molecule has 2 heterocycles. The summed E-state index contributed by atoms with van der Waals surface area (Å²) in [6.07, 6.45) is 5.89. The normalized spacial score (nSPS) is 22.1. The molecule has 0 aliphatic heterocycles. The fourth-order valence-electron chi connectivity index (χ4n) is 3.16. The Labute approximate surface area is 119 Å². The highest BCUT2D eigenvalue weighted by molar-refractivity contribution is 5.44. The van der Waals surface area contributed by atoms with Gasteiger partial charge in [0.1, 0.15) is 5.82 Å². The highest BCUT2D eigenvalue weighted by Gasteiger charge is 2.28. The minimum atomic E-state index is 0.436. The summed E-state index contributed by atoms with van der Waals surface area (Å²) in [5, 5.41) is 16.5. The van der Waals surface area contributed by atoms with Crippen LogP contribution < -0.4 is 5.32 Å². The molecule has 1 fully saturated rings. The molecule has 3 rings (SSSR count). The second-order valence-corrected chi connectivity index (χ2v) is 6.56. The zero-order valence-electron chi connectivity index (χ0n) is 12.6. The summed E-state index contributed by atoms with van der Waals surface area (Å²) in [5.74, 6) is 1.84. The van der Waals surface area contributed by atoms with Crippen molar-refractivity contribution >= 4 is 11.5 Å². The molecule has 0 saturated heterocycles. The fourth-order valence-corrected chi connectivity index (χ4v) is 3.16. The third-order valence-corrected chi connectivity index (χ3v) is 4.20. The van der Waals surface area contributed by atoms with Crippen molar-refractivity contribution in [3.8, 4) is 0 Å².